The summed E-state index contributed by atoms with van der Waals surface area (Å²) in [5.74, 6) is 1.05. The van der Waals surface area contributed by atoms with Gasteiger partial charge in [-0.25, -0.2) is 4.98 Å². The molecule has 8 heteroatoms. The van der Waals surface area contributed by atoms with E-state index in [1.807, 2.05) is 17.8 Å². The largest absolute Gasteiger partial charge is 0.400 e. The van der Waals surface area contributed by atoms with Crippen molar-refractivity contribution in [3.8, 4) is 11.7 Å². The number of aryl methyl sites for hydroxylation is 1. The van der Waals surface area contributed by atoms with Crippen molar-refractivity contribution in [2.24, 2.45) is 7.05 Å². The molecule has 0 radical (unpaired) electrons. The molecule has 3 aromatic rings. The van der Waals surface area contributed by atoms with Gasteiger partial charge in [-0.05, 0) is 17.0 Å². The van der Waals surface area contributed by atoms with Crippen LogP contribution >= 0.6 is 11.3 Å². The van der Waals surface area contributed by atoms with Crippen LogP contribution in [0.1, 0.15) is 10.4 Å². The third-order valence-corrected chi connectivity index (χ3v) is 3.86. The lowest BCUT2D eigenvalue weighted by Gasteiger charge is -1.98. The molecular formula is C13H15N5O2S. The predicted molar refractivity (Wildman–Crippen MR) is 78.9 cm³/mol. The molecule has 0 saturated carbocycles. The summed E-state index contributed by atoms with van der Waals surface area (Å²) in [6, 6.07) is 2.48. The van der Waals surface area contributed by atoms with Crippen LogP contribution in [0, 0.1) is 0 Å². The average Bonchev–Trinajstić information content (AvgIpc) is 3.17. The third-order valence-electron chi connectivity index (χ3n) is 2.87. The number of thiophene rings is 1. The lowest BCUT2D eigenvalue weighted by molar-refractivity contribution is 0.185. The summed E-state index contributed by atoms with van der Waals surface area (Å²) in [6.45, 7) is 1.26. The molecule has 3 aromatic heterocycles. The molecule has 21 heavy (non-hydrogen) atoms. The Labute approximate surface area is 125 Å². The van der Waals surface area contributed by atoms with E-state index in [0.717, 1.165) is 0 Å². The minimum atomic E-state index is 0.384. The van der Waals surface area contributed by atoms with Crippen molar-refractivity contribution in [1.82, 2.24) is 19.7 Å². The Morgan fingerprint density at radius 3 is 3.10 bits per heavy atom. The molecule has 0 aromatic carbocycles. The zero-order chi connectivity index (χ0) is 14.7. The molecule has 7 nitrogen and oxygen atoms in total. The van der Waals surface area contributed by atoms with Crippen molar-refractivity contribution in [3.05, 3.63) is 34.3 Å². The molecule has 3 rings (SSSR count). The molecule has 0 atom stereocenters. The maximum absolute atomic E-state index is 5.55. The van der Waals surface area contributed by atoms with E-state index in [4.69, 9.17) is 9.15 Å². The summed E-state index contributed by atoms with van der Waals surface area (Å²) in [7, 11) is 3.57. The van der Waals surface area contributed by atoms with Crippen LogP contribution in [0.2, 0.25) is 0 Å². The second-order valence-corrected chi connectivity index (χ2v) is 5.48. The highest BCUT2D eigenvalue weighted by molar-refractivity contribution is 7.10. The number of rotatable bonds is 6. The van der Waals surface area contributed by atoms with E-state index in [-0.39, 0.29) is 0 Å². The fourth-order valence-corrected chi connectivity index (χ4v) is 2.69. The van der Waals surface area contributed by atoms with Crippen LogP contribution in [0.15, 0.2) is 28.3 Å². The van der Waals surface area contributed by atoms with Crippen molar-refractivity contribution in [3.63, 3.8) is 0 Å². The SMILES string of the molecule is COCc1csc(CNc2nnc(-c3nccn3C)o2)c1. The van der Waals surface area contributed by atoms with E-state index in [0.29, 0.717) is 30.9 Å². The van der Waals surface area contributed by atoms with Crippen molar-refractivity contribution in [1.29, 1.82) is 0 Å². The van der Waals surface area contributed by atoms with Gasteiger partial charge in [0.15, 0.2) is 5.82 Å². The topological polar surface area (TPSA) is 78.0 Å². The predicted octanol–water partition coefficient (Wildman–Crippen LogP) is 2.29. The number of hydrogen-bond acceptors (Lipinski definition) is 7. The van der Waals surface area contributed by atoms with Crippen LogP contribution in [0.3, 0.4) is 0 Å². The summed E-state index contributed by atoms with van der Waals surface area (Å²) < 4.78 is 12.5. The summed E-state index contributed by atoms with van der Waals surface area (Å²) >= 11 is 1.67. The van der Waals surface area contributed by atoms with Crippen LogP contribution in [0.5, 0.6) is 0 Å². The molecule has 0 saturated heterocycles. The van der Waals surface area contributed by atoms with Gasteiger partial charge in [0, 0.05) is 31.4 Å². The number of imidazole rings is 1. The Bertz CT molecular complexity index is 718. The maximum Gasteiger partial charge on any atom is 0.316 e. The molecule has 1 N–H and O–H groups in total. The van der Waals surface area contributed by atoms with Crippen LogP contribution in [-0.4, -0.2) is 26.9 Å². The zero-order valence-electron chi connectivity index (χ0n) is 11.7. The standard InChI is InChI=1S/C13H15N5O2S/c1-18-4-3-14-11(18)12-16-17-13(20-12)15-6-10-5-9(7-19-2)8-21-10/h3-5,8H,6-7H2,1-2H3,(H,15,17). The Kier molecular flexibility index (Phi) is 3.98. The summed E-state index contributed by atoms with van der Waals surface area (Å²) in [5, 5.41) is 13.1. The lowest BCUT2D eigenvalue weighted by Crippen LogP contribution is -1.97. The number of anilines is 1. The second kappa shape index (κ2) is 6.06. The van der Waals surface area contributed by atoms with E-state index < -0.39 is 0 Å². The smallest absolute Gasteiger partial charge is 0.316 e. The van der Waals surface area contributed by atoms with Crippen LogP contribution in [0.25, 0.3) is 11.7 Å². The van der Waals surface area contributed by atoms with Crippen molar-refractivity contribution in [2.75, 3.05) is 12.4 Å². The first kappa shape index (κ1) is 13.8. The van der Waals surface area contributed by atoms with Gasteiger partial charge in [-0.2, -0.15) is 0 Å². The molecule has 0 spiro atoms. The minimum absolute atomic E-state index is 0.384. The molecule has 3 heterocycles. The molecule has 0 bridgehead atoms. The van der Waals surface area contributed by atoms with E-state index >= 15 is 0 Å². The Hall–Kier alpha value is -2.19. The van der Waals surface area contributed by atoms with Crippen LogP contribution in [-0.2, 0) is 24.9 Å². The monoisotopic (exact) mass is 305 g/mol. The van der Waals surface area contributed by atoms with Crippen molar-refractivity contribution in [2.45, 2.75) is 13.2 Å². The molecule has 0 aliphatic heterocycles. The Morgan fingerprint density at radius 1 is 1.43 bits per heavy atom. The third kappa shape index (κ3) is 3.11. The highest BCUT2D eigenvalue weighted by Crippen LogP contribution is 2.19. The van der Waals surface area contributed by atoms with Gasteiger partial charge in [0.2, 0.25) is 0 Å². The maximum atomic E-state index is 5.55. The molecule has 0 aliphatic rings. The van der Waals surface area contributed by atoms with Gasteiger partial charge in [-0.1, -0.05) is 5.10 Å². The summed E-state index contributed by atoms with van der Waals surface area (Å²) in [4.78, 5) is 5.35. The van der Waals surface area contributed by atoms with Crippen molar-refractivity contribution < 1.29 is 9.15 Å². The molecule has 0 fully saturated rings. The fraction of sp³-hybridized carbons (Fsp3) is 0.308. The van der Waals surface area contributed by atoms with E-state index in [1.54, 1.807) is 24.6 Å². The average molecular weight is 305 g/mol. The van der Waals surface area contributed by atoms with E-state index in [1.165, 1.54) is 10.4 Å². The quantitative estimate of drug-likeness (QED) is 0.753. The van der Waals surface area contributed by atoms with Gasteiger partial charge >= 0.3 is 6.01 Å². The lowest BCUT2D eigenvalue weighted by atomic mass is 10.3. The minimum Gasteiger partial charge on any atom is -0.400 e. The summed E-state index contributed by atoms with van der Waals surface area (Å²) in [6.07, 6.45) is 3.52. The molecule has 0 aliphatic carbocycles. The number of hydrogen-bond donors (Lipinski definition) is 1. The van der Waals surface area contributed by atoms with Crippen LogP contribution < -0.4 is 5.32 Å². The highest BCUT2D eigenvalue weighted by atomic mass is 32.1. The number of methoxy groups -OCH3 is 1. The van der Waals surface area contributed by atoms with Gasteiger partial charge in [0.05, 0.1) is 13.2 Å². The molecule has 0 amide bonds. The van der Waals surface area contributed by atoms with Gasteiger partial charge < -0.3 is 19.0 Å². The van der Waals surface area contributed by atoms with Gasteiger partial charge in [0.1, 0.15) is 0 Å². The number of nitrogens with one attached hydrogen (secondary N) is 1. The highest BCUT2D eigenvalue weighted by Gasteiger charge is 2.12. The van der Waals surface area contributed by atoms with Crippen LogP contribution in [0.4, 0.5) is 6.01 Å². The van der Waals surface area contributed by atoms with E-state index in [9.17, 15) is 0 Å². The van der Waals surface area contributed by atoms with Gasteiger partial charge in [-0.3, -0.25) is 0 Å². The number of aromatic nitrogens is 4. The van der Waals surface area contributed by atoms with Crippen molar-refractivity contribution >= 4 is 17.4 Å². The Morgan fingerprint density at radius 2 is 2.33 bits per heavy atom. The Balaban J connectivity index is 1.63. The first-order chi connectivity index (χ1) is 10.3. The summed E-state index contributed by atoms with van der Waals surface area (Å²) in [5.41, 5.74) is 1.17. The molecular weight excluding hydrogens is 290 g/mol. The molecule has 110 valence electrons. The normalized spacial score (nSPS) is 11.0. The van der Waals surface area contributed by atoms with Gasteiger partial charge in [-0.15, -0.1) is 16.4 Å². The first-order valence-corrected chi connectivity index (χ1v) is 7.24. The zero-order valence-corrected chi connectivity index (χ0v) is 12.6. The number of nitrogens with zero attached hydrogens (tertiary/aromatic N) is 4. The fourth-order valence-electron chi connectivity index (χ4n) is 1.88. The number of ether oxygens (including phenoxy) is 1. The molecule has 0 unspecified atom stereocenters. The van der Waals surface area contributed by atoms with Gasteiger partial charge in [0.25, 0.3) is 5.89 Å². The second-order valence-electron chi connectivity index (χ2n) is 4.48. The van der Waals surface area contributed by atoms with E-state index in [2.05, 4.69) is 31.9 Å². The first-order valence-electron chi connectivity index (χ1n) is 6.36.